The molecule has 1 nitrogen and oxygen atoms in total. The molecule has 1 heterocycles. The van der Waals surface area contributed by atoms with Gasteiger partial charge in [0.15, 0.2) is 0 Å². The highest BCUT2D eigenvalue weighted by Gasteiger charge is 2.34. The summed E-state index contributed by atoms with van der Waals surface area (Å²) in [7, 11) is 1.69. The number of halogens is 1. The zero-order valence-corrected chi connectivity index (χ0v) is 10.7. The number of thioether (sulfide) groups is 1. The van der Waals surface area contributed by atoms with Crippen LogP contribution in [0.3, 0.4) is 0 Å². The fourth-order valence-corrected chi connectivity index (χ4v) is 3.28. The first-order valence-electron chi connectivity index (χ1n) is 4.64. The minimum atomic E-state index is 0.328. The molecule has 0 radical (unpaired) electrons. The number of rotatable bonds is 2. The van der Waals surface area contributed by atoms with Crippen LogP contribution in [-0.2, 0) is 4.75 Å². The van der Waals surface area contributed by atoms with Crippen molar-refractivity contribution in [2.24, 2.45) is 0 Å². The van der Waals surface area contributed by atoms with Gasteiger partial charge in [-0.15, -0.1) is 0 Å². The maximum absolute atomic E-state index is 5.21. The molecule has 1 unspecified atom stereocenters. The molecule has 0 spiro atoms. The lowest BCUT2D eigenvalue weighted by molar-refractivity contribution is 0.411. The summed E-state index contributed by atoms with van der Waals surface area (Å²) < 4.78 is 6.59. The Morgan fingerprint density at radius 3 is 2.64 bits per heavy atom. The van der Waals surface area contributed by atoms with Crippen molar-refractivity contribution in [3.63, 3.8) is 0 Å². The quantitative estimate of drug-likeness (QED) is 0.810. The topological polar surface area (TPSA) is 9.23 Å². The molecule has 0 saturated carbocycles. The highest BCUT2D eigenvalue weighted by molar-refractivity contribution is 9.10. The smallest absolute Gasteiger partial charge is 0.133 e. The third-order valence-corrected chi connectivity index (χ3v) is 4.87. The number of ether oxygens (including phenoxy) is 1. The van der Waals surface area contributed by atoms with E-state index in [4.69, 9.17) is 4.74 Å². The fraction of sp³-hybridized carbons (Fsp3) is 0.455. The Bertz CT molecular complexity index is 347. The molecule has 3 heteroatoms. The predicted octanol–water partition coefficient (Wildman–Crippen LogP) is 3.81. The van der Waals surface area contributed by atoms with Crippen LogP contribution in [0.2, 0.25) is 0 Å². The SMILES string of the molecule is COc1ccc(C2(C)CCS2)cc1Br. The van der Waals surface area contributed by atoms with E-state index in [-0.39, 0.29) is 0 Å². The summed E-state index contributed by atoms with van der Waals surface area (Å²) in [6.07, 6.45) is 1.27. The second-order valence-electron chi connectivity index (χ2n) is 3.68. The van der Waals surface area contributed by atoms with E-state index < -0.39 is 0 Å². The van der Waals surface area contributed by atoms with Crippen LogP contribution < -0.4 is 4.74 Å². The van der Waals surface area contributed by atoms with Crippen LogP contribution in [0.5, 0.6) is 5.75 Å². The van der Waals surface area contributed by atoms with Gasteiger partial charge in [0.1, 0.15) is 5.75 Å². The van der Waals surface area contributed by atoms with Crippen molar-refractivity contribution in [1.82, 2.24) is 0 Å². The molecule has 0 N–H and O–H groups in total. The lowest BCUT2D eigenvalue weighted by Gasteiger charge is -2.38. The van der Waals surface area contributed by atoms with Crippen molar-refractivity contribution in [2.75, 3.05) is 12.9 Å². The standard InChI is InChI=1S/C11H13BrOS/c1-11(5-6-14-11)8-3-4-10(13-2)9(12)7-8/h3-4,7H,5-6H2,1-2H3. The molecule has 2 rings (SSSR count). The molecule has 1 aliphatic rings. The minimum absolute atomic E-state index is 0.328. The molecule has 0 aromatic heterocycles. The summed E-state index contributed by atoms with van der Waals surface area (Å²) in [6.45, 7) is 2.30. The summed E-state index contributed by atoms with van der Waals surface area (Å²) in [4.78, 5) is 0. The van der Waals surface area contributed by atoms with Crippen molar-refractivity contribution in [1.29, 1.82) is 0 Å². The van der Waals surface area contributed by atoms with Crippen LogP contribution in [0.1, 0.15) is 18.9 Å². The van der Waals surface area contributed by atoms with E-state index in [2.05, 4.69) is 35.0 Å². The number of benzene rings is 1. The van der Waals surface area contributed by atoms with E-state index >= 15 is 0 Å². The summed E-state index contributed by atoms with van der Waals surface area (Å²) in [5.74, 6) is 2.18. The van der Waals surface area contributed by atoms with Crippen LogP contribution >= 0.6 is 27.7 Å². The molecule has 1 saturated heterocycles. The van der Waals surface area contributed by atoms with Gasteiger partial charge in [-0.2, -0.15) is 11.8 Å². The van der Waals surface area contributed by atoms with E-state index in [1.807, 2.05) is 17.8 Å². The highest BCUT2D eigenvalue weighted by atomic mass is 79.9. The summed E-state index contributed by atoms with van der Waals surface area (Å²) in [5.41, 5.74) is 1.39. The van der Waals surface area contributed by atoms with Gasteiger partial charge in [-0.05, 0) is 52.7 Å². The molecule has 76 valence electrons. The largest absolute Gasteiger partial charge is 0.496 e. The van der Waals surface area contributed by atoms with Crippen LogP contribution in [0.15, 0.2) is 22.7 Å². The van der Waals surface area contributed by atoms with Crippen molar-refractivity contribution < 1.29 is 4.74 Å². The van der Waals surface area contributed by atoms with Crippen LogP contribution in [0, 0.1) is 0 Å². The van der Waals surface area contributed by atoms with Crippen molar-refractivity contribution in [3.05, 3.63) is 28.2 Å². The van der Waals surface area contributed by atoms with Gasteiger partial charge < -0.3 is 4.74 Å². The van der Waals surface area contributed by atoms with Gasteiger partial charge in [0.2, 0.25) is 0 Å². The minimum Gasteiger partial charge on any atom is -0.496 e. The maximum atomic E-state index is 5.21. The zero-order chi connectivity index (χ0) is 10.2. The average molecular weight is 273 g/mol. The monoisotopic (exact) mass is 272 g/mol. The van der Waals surface area contributed by atoms with Gasteiger partial charge in [-0.1, -0.05) is 6.07 Å². The summed E-state index contributed by atoms with van der Waals surface area (Å²) >= 11 is 5.54. The van der Waals surface area contributed by atoms with E-state index in [1.165, 1.54) is 17.7 Å². The molecule has 1 aromatic carbocycles. The van der Waals surface area contributed by atoms with Gasteiger partial charge >= 0.3 is 0 Å². The second-order valence-corrected chi connectivity index (χ2v) is 6.13. The molecule has 0 amide bonds. The molecular formula is C11H13BrOS. The fourth-order valence-electron chi connectivity index (χ4n) is 1.63. The van der Waals surface area contributed by atoms with E-state index in [0.717, 1.165) is 10.2 Å². The number of methoxy groups -OCH3 is 1. The Kier molecular flexibility index (Phi) is 2.80. The molecule has 1 fully saturated rings. The first-order chi connectivity index (χ1) is 6.65. The molecule has 1 atom stereocenters. The van der Waals surface area contributed by atoms with E-state index in [0.29, 0.717) is 4.75 Å². The Morgan fingerprint density at radius 1 is 1.50 bits per heavy atom. The first-order valence-corrected chi connectivity index (χ1v) is 6.41. The van der Waals surface area contributed by atoms with Crippen molar-refractivity contribution in [3.8, 4) is 5.75 Å². The summed E-state index contributed by atoms with van der Waals surface area (Å²) in [5, 5.41) is 0. The lowest BCUT2D eigenvalue weighted by Crippen LogP contribution is -2.27. The Morgan fingerprint density at radius 2 is 2.21 bits per heavy atom. The molecule has 0 bridgehead atoms. The van der Waals surface area contributed by atoms with Crippen LogP contribution in [-0.4, -0.2) is 12.9 Å². The van der Waals surface area contributed by atoms with Crippen LogP contribution in [0.4, 0.5) is 0 Å². The predicted molar refractivity (Wildman–Crippen MR) is 65.1 cm³/mol. The second kappa shape index (κ2) is 3.78. The molecule has 1 aliphatic heterocycles. The number of hydrogen-bond donors (Lipinski definition) is 0. The normalized spacial score (nSPS) is 25.6. The third-order valence-electron chi connectivity index (χ3n) is 2.76. The highest BCUT2D eigenvalue weighted by Crippen LogP contribution is 2.49. The van der Waals surface area contributed by atoms with Gasteiger partial charge in [0.25, 0.3) is 0 Å². The Hall–Kier alpha value is -0.150. The molecular weight excluding hydrogens is 260 g/mol. The zero-order valence-electron chi connectivity index (χ0n) is 8.34. The molecule has 0 aliphatic carbocycles. The third kappa shape index (κ3) is 1.68. The molecule has 14 heavy (non-hydrogen) atoms. The van der Waals surface area contributed by atoms with Gasteiger partial charge in [0.05, 0.1) is 11.6 Å². The Balaban J connectivity index is 2.32. The van der Waals surface area contributed by atoms with Crippen LogP contribution in [0.25, 0.3) is 0 Å². The van der Waals surface area contributed by atoms with Gasteiger partial charge in [0, 0.05) is 4.75 Å². The maximum Gasteiger partial charge on any atom is 0.133 e. The lowest BCUT2D eigenvalue weighted by atomic mass is 9.96. The van der Waals surface area contributed by atoms with Crippen molar-refractivity contribution in [2.45, 2.75) is 18.1 Å². The Labute approximate surface area is 97.4 Å². The van der Waals surface area contributed by atoms with Gasteiger partial charge in [-0.3, -0.25) is 0 Å². The van der Waals surface area contributed by atoms with E-state index in [1.54, 1.807) is 7.11 Å². The van der Waals surface area contributed by atoms with E-state index in [9.17, 15) is 0 Å². The van der Waals surface area contributed by atoms with Gasteiger partial charge in [-0.25, -0.2) is 0 Å². The van der Waals surface area contributed by atoms with Crippen molar-refractivity contribution >= 4 is 27.7 Å². The average Bonchev–Trinajstić information content (AvgIpc) is 2.14. The summed E-state index contributed by atoms with van der Waals surface area (Å²) in [6, 6.07) is 6.37. The number of hydrogen-bond acceptors (Lipinski definition) is 2. The molecule has 1 aromatic rings. The first kappa shape index (κ1) is 10.4.